The van der Waals surface area contributed by atoms with Gasteiger partial charge in [-0.15, -0.1) is 0 Å². The summed E-state index contributed by atoms with van der Waals surface area (Å²) < 4.78 is 53.4. The molecule has 0 unspecified atom stereocenters. The minimum absolute atomic E-state index is 0.235. The molecular weight excluding hydrogens is 423 g/mol. The van der Waals surface area contributed by atoms with Crippen LogP contribution in [0.25, 0.3) is 0 Å². The number of benzene rings is 2. The molecule has 0 fully saturated rings. The summed E-state index contributed by atoms with van der Waals surface area (Å²) in [4.78, 5) is -0.747. The van der Waals surface area contributed by atoms with Crippen molar-refractivity contribution in [3.05, 3.63) is 56.6 Å². The molecule has 106 valence electrons. The second kappa shape index (κ2) is 5.82. The molecule has 0 aliphatic rings. The van der Waals surface area contributed by atoms with E-state index in [2.05, 4.69) is 4.72 Å². The Kier molecular flexibility index (Phi) is 4.50. The SMILES string of the molecule is O=S(=O)(Nc1ccc(Cl)cc1I)c1cc(F)ccc1F. The van der Waals surface area contributed by atoms with Crippen LogP contribution in [0.1, 0.15) is 0 Å². The quantitative estimate of drug-likeness (QED) is 0.749. The number of hydrogen-bond acceptors (Lipinski definition) is 2. The maximum Gasteiger partial charge on any atom is 0.264 e. The first kappa shape index (κ1) is 15.5. The van der Waals surface area contributed by atoms with Gasteiger partial charge in [-0.1, -0.05) is 11.6 Å². The van der Waals surface area contributed by atoms with E-state index in [9.17, 15) is 17.2 Å². The summed E-state index contributed by atoms with van der Waals surface area (Å²) in [6.45, 7) is 0. The standard InChI is InChI=1S/C12H7ClF2INO2S/c13-7-1-4-11(10(16)5-7)17-20(18,19)12-6-8(14)2-3-9(12)15/h1-6,17H. The van der Waals surface area contributed by atoms with Crippen molar-refractivity contribution in [3.8, 4) is 0 Å². The van der Waals surface area contributed by atoms with Crippen LogP contribution < -0.4 is 4.72 Å². The van der Waals surface area contributed by atoms with Crippen LogP contribution in [0.15, 0.2) is 41.3 Å². The van der Waals surface area contributed by atoms with E-state index in [1.807, 2.05) is 22.6 Å². The number of sulfonamides is 1. The van der Waals surface area contributed by atoms with E-state index in [0.717, 1.165) is 12.1 Å². The van der Waals surface area contributed by atoms with Crippen molar-refractivity contribution in [1.29, 1.82) is 0 Å². The van der Waals surface area contributed by atoms with Gasteiger partial charge in [-0.3, -0.25) is 4.72 Å². The summed E-state index contributed by atoms with van der Waals surface area (Å²) >= 11 is 7.64. The molecule has 0 spiro atoms. The number of nitrogens with one attached hydrogen (secondary N) is 1. The Balaban J connectivity index is 2.43. The average molecular weight is 430 g/mol. The normalized spacial score (nSPS) is 11.4. The molecule has 0 aliphatic carbocycles. The highest BCUT2D eigenvalue weighted by Crippen LogP contribution is 2.26. The molecule has 20 heavy (non-hydrogen) atoms. The van der Waals surface area contributed by atoms with Crippen LogP contribution in [0.4, 0.5) is 14.5 Å². The van der Waals surface area contributed by atoms with Gasteiger partial charge < -0.3 is 0 Å². The molecule has 2 aromatic rings. The van der Waals surface area contributed by atoms with Crippen molar-refractivity contribution in [2.45, 2.75) is 4.90 Å². The minimum Gasteiger partial charge on any atom is -0.278 e. The van der Waals surface area contributed by atoms with Crippen molar-refractivity contribution in [2.75, 3.05) is 4.72 Å². The van der Waals surface area contributed by atoms with Gasteiger partial charge in [-0.25, -0.2) is 17.2 Å². The van der Waals surface area contributed by atoms with Gasteiger partial charge in [0.15, 0.2) is 0 Å². The largest absolute Gasteiger partial charge is 0.278 e. The predicted octanol–water partition coefficient (Wildman–Crippen LogP) is 4.02. The summed E-state index contributed by atoms with van der Waals surface area (Å²) in [5, 5.41) is 0.439. The summed E-state index contributed by atoms with van der Waals surface area (Å²) in [6.07, 6.45) is 0. The molecule has 0 saturated heterocycles. The van der Waals surface area contributed by atoms with Crippen LogP contribution >= 0.6 is 34.2 Å². The zero-order chi connectivity index (χ0) is 14.9. The third kappa shape index (κ3) is 3.39. The van der Waals surface area contributed by atoms with Crippen LogP contribution in [0.2, 0.25) is 5.02 Å². The summed E-state index contributed by atoms with van der Waals surface area (Å²) in [5.41, 5.74) is 0.235. The van der Waals surface area contributed by atoms with Gasteiger partial charge >= 0.3 is 0 Å². The Hall–Kier alpha value is -0.930. The number of halogens is 4. The zero-order valence-corrected chi connectivity index (χ0v) is 13.4. The van der Waals surface area contributed by atoms with E-state index in [-0.39, 0.29) is 5.69 Å². The van der Waals surface area contributed by atoms with E-state index in [1.165, 1.54) is 12.1 Å². The van der Waals surface area contributed by atoms with E-state index >= 15 is 0 Å². The number of anilines is 1. The smallest absolute Gasteiger partial charge is 0.264 e. The molecule has 0 saturated carbocycles. The first-order chi connectivity index (χ1) is 9.29. The lowest BCUT2D eigenvalue weighted by Gasteiger charge is -2.10. The van der Waals surface area contributed by atoms with Gasteiger partial charge in [0.1, 0.15) is 16.5 Å². The second-order valence-electron chi connectivity index (χ2n) is 3.80. The van der Waals surface area contributed by atoms with Crippen LogP contribution in [0, 0.1) is 15.2 Å². The number of rotatable bonds is 3. The van der Waals surface area contributed by atoms with Crippen molar-refractivity contribution < 1.29 is 17.2 Å². The van der Waals surface area contributed by atoms with Gasteiger partial charge in [-0.05, 0) is 59.0 Å². The summed E-state index contributed by atoms with van der Waals surface area (Å²) in [5.74, 6) is -1.86. The Morgan fingerprint density at radius 1 is 1.10 bits per heavy atom. The molecule has 8 heteroatoms. The molecule has 0 heterocycles. The van der Waals surface area contributed by atoms with Gasteiger partial charge in [-0.2, -0.15) is 0 Å². The van der Waals surface area contributed by atoms with Crippen LogP contribution in [0.5, 0.6) is 0 Å². The highest BCUT2D eigenvalue weighted by atomic mass is 127. The van der Waals surface area contributed by atoms with E-state index < -0.39 is 26.6 Å². The van der Waals surface area contributed by atoms with Crippen molar-refractivity contribution in [1.82, 2.24) is 0 Å². The van der Waals surface area contributed by atoms with Gasteiger partial charge in [0, 0.05) is 8.59 Å². The Labute approximate surface area is 133 Å². The maximum atomic E-state index is 13.5. The van der Waals surface area contributed by atoms with Crippen molar-refractivity contribution >= 4 is 49.9 Å². The lowest BCUT2D eigenvalue weighted by molar-refractivity contribution is 0.555. The van der Waals surface area contributed by atoms with Gasteiger partial charge in [0.2, 0.25) is 0 Å². The molecule has 0 amide bonds. The summed E-state index contributed by atoms with van der Waals surface area (Å²) in [7, 11) is -4.21. The second-order valence-corrected chi connectivity index (χ2v) is 7.05. The van der Waals surface area contributed by atoms with Crippen molar-refractivity contribution in [2.24, 2.45) is 0 Å². The Morgan fingerprint density at radius 3 is 2.45 bits per heavy atom. The molecule has 3 nitrogen and oxygen atoms in total. The predicted molar refractivity (Wildman–Crippen MR) is 81.3 cm³/mol. The zero-order valence-electron chi connectivity index (χ0n) is 9.70. The fourth-order valence-corrected chi connectivity index (χ4v) is 3.81. The van der Waals surface area contributed by atoms with Crippen LogP contribution in [-0.2, 0) is 10.0 Å². The molecule has 0 aromatic heterocycles. The topological polar surface area (TPSA) is 46.2 Å². The van der Waals surface area contributed by atoms with E-state index in [0.29, 0.717) is 14.7 Å². The van der Waals surface area contributed by atoms with Gasteiger partial charge in [0.25, 0.3) is 10.0 Å². The molecule has 0 radical (unpaired) electrons. The summed E-state index contributed by atoms with van der Waals surface area (Å²) in [6, 6.07) is 6.71. The average Bonchev–Trinajstić information content (AvgIpc) is 2.35. The molecule has 1 N–H and O–H groups in total. The van der Waals surface area contributed by atoms with E-state index in [4.69, 9.17) is 11.6 Å². The third-order valence-corrected chi connectivity index (χ3v) is 4.87. The first-order valence-corrected chi connectivity index (χ1v) is 8.16. The monoisotopic (exact) mass is 429 g/mol. The lowest BCUT2D eigenvalue weighted by atomic mass is 10.3. The third-order valence-electron chi connectivity index (χ3n) is 2.36. The van der Waals surface area contributed by atoms with E-state index in [1.54, 1.807) is 6.07 Å². The molecular formula is C12H7ClF2INO2S. The molecule has 2 rings (SSSR count). The molecule has 0 bridgehead atoms. The first-order valence-electron chi connectivity index (χ1n) is 5.22. The number of hydrogen-bond donors (Lipinski definition) is 1. The fraction of sp³-hybridized carbons (Fsp3) is 0. The molecule has 0 aliphatic heterocycles. The fourth-order valence-electron chi connectivity index (χ4n) is 1.46. The van der Waals surface area contributed by atoms with Crippen LogP contribution in [-0.4, -0.2) is 8.42 Å². The molecule has 0 atom stereocenters. The maximum absolute atomic E-state index is 13.5. The highest BCUT2D eigenvalue weighted by Gasteiger charge is 2.21. The minimum atomic E-state index is -4.21. The Bertz CT molecular complexity index is 768. The van der Waals surface area contributed by atoms with Crippen molar-refractivity contribution in [3.63, 3.8) is 0 Å². The van der Waals surface area contributed by atoms with Gasteiger partial charge in [0.05, 0.1) is 5.69 Å². The molecule has 2 aromatic carbocycles. The Morgan fingerprint density at radius 2 is 1.80 bits per heavy atom. The lowest BCUT2D eigenvalue weighted by Crippen LogP contribution is -2.15. The van der Waals surface area contributed by atoms with Crippen LogP contribution in [0.3, 0.4) is 0 Å². The highest BCUT2D eigenvalue weighted by molar-refractivity contribution is 14.1.